The first-order valence-electron chi connectivity index (χ1n) is 7.15. The Labute approximate surface area is 129 Å². The van der Waals surface area contributed by atoms with Crippen molar-refractivity contribution in [3.05, 3.63) is 47.7 Å². The largest absolute Gasteiger partial charge is 0.352 e. The molecule has 116 valence electrons. The third kappa shape index (κ3) is 3.94. The van der Waals surface area contributed by atoms with Crippen molar-refractivity contribution in [2.75, 3.05) is 5.32 Å². The molecule has 0 spiro atoms. The van der Waals surface area contributed by atoms with Crippen LogP contribution in [0.25, 0.3) is 0 Å². The maximum Gasteiger partial charge on any atom is 0.256 e. The number of benzene rings is 1. The molecule has 0 saturated carbocycles. The van der Waals surface area contributed by atoms with Crippen LogP contribution in [0.5, 0.6) is 0 Å². The van der Waals surface area contributed by atoms with Crippen LogP contribution in [-0.2, 0) is 11.3 Å². The Morgan fingerprint density at radius 2 is 1.86 bits per heavy atom. The van der Waals surface area contributed by atoms with Crippen LogP contribution < -0.4 is 10.6 Å². The van der Waals surface area contributed by atoms with Crippen molar-refractivity contribution in [1.82, 2.24) is 15.1 Å². The second-order valence-corrected chi connectivity index (χ2v) is 5.32. The number of nitrogens with zero attached hydrogens (tertiary/aromatic N) is 2. The Kier molecular flexibility index (Phi) is 4.93. The fraction of sp³-hybridized carbons (Fsp3) is 0.312. The molecule has 1 aromatic heterocycles. The van der Waals surface area contributed by atoms with Gasteiger partial charge in [0.2, 0.25) is 5.91 Å². The van der Waals surface area contributed by atoms with Gasteiger partial charge in [0, 0.05) is 31.1 Å². The van der Waals surface area contributed by atoms with E-state index in [0.29, 0.717) is 17.9 Å². The number of amides is 2. The highest BCUT2D eigenvalue weighted by Gasteiger charge is 2.11. The molecule has 1 aromatic carbocycles. The second-order valence-electron chi connectivity index (χ2n) is 5.32. The van der Waals surface area contributed by atoms with Gasteiger partial charge >= 0.3 is 0 Å². The molecule has 0 bridgehead atoms. The zero-order valence-electron chi connectivity index (χ0n) is 13.0. The first kappa shape index (κ1) is 15.8. The van der Waals surface area contributed by atoms with Gasteiger partial charge in [-0.05, 0) is 31.5 Å². The zero-order chi connectivity index (χ0) is 16.1. The Hall–Kier alpha value is -2.63. The first-order chi connectivity index (χ1) is 10.5. The summed E-state index contributed by atoms with van der Waals surface area (Å²) in [7, 11) is 0. The van der Waals surface area contributed by atoms with Crippen molar-refractivity contribution in [2.45, 2.75) is 33.4 Å². The predicted octanol–water partition coefficient (Wildman–Crippen LogP) is 2.35. The maximum absolute atomic E-state index is 12.2. The van der Waals surface area contributed by atoms with Crippen molar-refractivity contribution < 1.29 is 9.59 Å². The van der Waals surface area contributed by atoms with E-state index >= 15 is 0 Å². The highest BCUT2D eigenvalue weighted by Crippen LogP contribution is 2.14. The standard InChI is InChI=1S/C16H20N4O2/c1-11(2)20-15(8-9-18-20)19-16(22)14-6-4-13(5-7-14)10-17-12(3)21/h4-9,11H,10H2,1-3H3,(H,17,21)(H,19,22). The number of aromatic nitrogens is 2. The fourth-order valence-electron chi connectivity index (χ4n) is 2.01. The molecule has 0 aliphatic heterocycles. The average Bonchev–Trinajstić information content (AvgIpc) is 2.94. The molecule has 0 aliphatic carbocycles. The van der Waals surface area contributed by atoms with Crippen LogP contribution in [0.1, 0.15) is 42.7 Å². The van der Waals surface area contributed by atoms with E-state index in [2.05, 4.69) is 15.7 Å². The Morgan fingerprint density at radius 1 is 1.18 bits per heavy atom. The van der Waals surface area contributed by atoms with E-state index in [1.165, 1.54) is 6.92 Å². The molecule has 1 heterocycles. The summed E-state index contributed by atoms with van der Waals surface area (Å²) < 4.78 is 1.75. The summed E-state index contributed by atoms with van der Waals surface area (Å²) in [5.41, 5.74) is 1.50. The number of carbonyl (C=O) groups is 2. The van der Waals surface area contributed by atoms with Gasteiger partial charge in [0.05, 0.1) is 6.20 Å². The SMILES string of the molecule is CC(=O)NCc1ccc(C(=O)Nc2ccnn2C(C)C)cc1. The molecule has 2 amide bonds. The molecular formula is C16H20N4O2. The molecule has 2 aromatic rings. The minimum Gasteiger partial charge on any atom is -0.352 e. The average molecular weight is 300 g/mol. The molecule has 6 heteroatoms. The topological polar surface area (TPSA) is 76.0 Å². The summed E-state index contributed by atoms with van der Waals surface area (Å²) in [6.07, 6.45) is 1.66. The van der Waals surface area contributed by atoms with E-state index in [1.54, 1.807) is 29.1 Å². The van der Waals surface area contributed by atoms with Crippen LogP contribution in [0.4, 0.5) is 5.82 Å². The number of hydrogen-bond donors (Lipinski definition) is 2. The Morgan fingerprint density at radius 3 is 2.45 bits per heavy atom. The summed E-state index contributed by atoms with van der Waals surface area (Å²) in [6.45, 7) is 5.93. The van der Waals surface area contributed by atoms with Crippen molar-refractivity contribution in [1.29, 1.82) is 0 Å². The minimum atomic E-state index is -0.187. The molecule has 22 heavy (non-hydrogen) atoms. The van der Waals surface area contributed by atoms with Crippen molar-refractivity contribution in [3.8, 4) is 0 Å². The van der Waals surface area contributed by atoms with E-state index in [-0.39, 0.29) is 17.9 Å². The number of nitrogens with one attached hydrogen (secondary N) is 2. The van der Waals surface area contributed by atoms with Crippen molar-refractivity contribution >= 4 is 17.6 Å². The van der Waals surface area contributed by atoms with Gasteiger partial charge in [-0.3, -0.25) is 9.59 Å². The molecule has 2 N–H and O–H groups in total. The van der Waals surface area contributed by atoms with E-state index in [9.17, 15) is 9.59 Å². The maximum atomic E-state index is 12.2. The lowest BCUT2D eigenvalue weighted by Crippen LogP contribution is -2.19. The molecule has 2 rings (SSSR count). The third-order valence-electron chi connectivity index (χ3n) is 3.16. The smallest absolute Gasteiger partial charge is 0.256 e. The van der Waals surface area contributed by atoms with Gasteiger partial charge in [0.15, 0.2) is 0 Å². The van der Waals surface area contributed by atoms with E-state index in [1.807, 2.05) is 26.0 Å². The van der Waals surface area contributed by atoms with Crippen LogP contribution in [0.2, 0.25) is 0 Å². The van der Waals surface area contributed by atoms with Gasteiger partial charge in [-0.25, -0.2) is 4.68 Å². The summed E-state index contributed by atoms with van der Waals surface area (Å²) in [5.74, 6) is 0.402. The second kappa shape index (κ2) is 6.89. The van der Waals surface area contributed by atoms with Crippen molar-refractivity contribution in [3.63, 3.8) is 0 Å². The summed E-state index contributed by atoms with van der Waals surface area (Å²) in [4.78, 5) is 23.1. The highest BCUT2D eigenvalue weighted by molar-refractivity contribution is 6.03. The van der Waals surface area contributed by atoms with Crippen LogP contribution in [0.15, 0.2) is 36.5 Å². The zero-order valence-corrected chi connectivity index (χ0v) is 13.0. The highest BCUT2D eigenvalue weighted by atomic mass is 16.2. The van der Waals surface area contributed by atoms with Gasteiger partial charge < -0.3 is 10.6 Å². The summed E-state index contributed by atoms with van der Waals surface area (Å²) >= 11 is 0. The van der Waals surface area contributed by atoms with Crippen LogP contribution in [-0.4, -0.2) is 21.6 Å². The van der Waals surface area contributed by atoms with Gasteiger partial charge in [-0.2, -0.15) is 5.10 Å². The predicted molar refractivity (Wildman–Crippen MR) is 84.5 cm³/mol. The fourth-order valence-corrected chi connectivity index (χ4v) is 2.01. The number of rotatable bonds is 5. The van der Waals surface area contributed by atoms with Gasteiger partial charge in [0.25, 0.3) is 5.91 Å². The van der Waals surface area contributed by atoms with Gasteiger partial charge in [-0.1, -0.05) is 12.1 Å². The molecule has 0 fully saturated rings. The molecule has 0 radical (unpaired) electrons. The molecule has 0 aliphatic rings. The van der Waals surface area contributed by atoms with Crippen molar-refractivity contribution in [2.24, 2.45) is 0 Å². The lowest BCUT2D eigenvalue weighted by molar-refractivity contribution is -0.119. The normalized spacial score (nSPS) is 10.5. The van der Waals surface area contributed by atoms with E-state index in [4.69, 9.17) is 0 Å². The lowest BCUT2D eigenvalue weighted by Gasteiger charge is -2.12. The number of hydrogen-bond acceptors (Lipinski definition) is 3. The lowest BCUT2D eigenvalue weighted by atomic mass is 10.1. The van der Waals surface area contributed by atoms with E-state index < -0.39 is 0 Å². The van der Waals surface area contributed by atoms with E-state index in [0.717, 1.165) is 5.56 Å². The number of anilines is 1. The van der Waals surface area contributed by atoms with Crippen LogP contribution >= 0.6 is 0 Å². The monoisotopic (exact) mass is 300 g/mol. The quantitative estimate of drug-likeness (QED) is 0.890. The first-order valence-corrected chi connectivity index (χ1v) is 7.15. The molecule has 0 atom stereocenters. The minimum absolute atomic E-state index is 0.0798. The Balaban J connectivity index is 2.03. The Bertz CT molecular complexity index is 659. The molecule has 0 saturated heterocycles. The third-order valence-corrected chi connectivity index (χ3v) is 3.16. The molecule has 6 nitrogen and oxygen atoms in total. The van der Waals surface area contributed by atoms with Gasteiger partial charge in [0.1, 0.15) is 5.82 Å². The van der Waals surface area contributed by atoms with Crippen LogP contribution in [0, 0.1) is 0 Å². The summed E-state index contributed by atoms with van der Waals surface area (Å²) in [5, 5.41) is 9.74. The molecular weight excluding hydrogens is 280 g/mol. The van der Waals surface area contributed by atoms with Crippen LogP contribution in [0.3, 0.4) is 0 Å². The number of carbonyl (C=O) groups excluding carboxylic acids is 2. The van der Waals surface area contributed by atoms with Gasteiger partial charge in [-0.15, -0.1) is 0 Å². The molecule has 0 unspecified atom stereocenters. The summed E-state index contributed by atoms with van der Waals surface area (Å²) in [6, 6.07) is 9.06.